The molecule has 2 rings (SSSR count). The molecule has 1 aromatic rings. The predicted octanol–water partition coefficient (Wildman–Crippen LogP) is 4.57. The highest BCUT2D eigenvalue weighted by atomic mass is 79.9. The van der Waals surface area contributed by atoms with Crippen molar-refractivity contribution in [3.8, 4) is 0 Å². The summed E-state index contributed by atoms with van der Waals surface area (Å²) in [5, 5.41) is 3.39. The van der Waals surface area contributed by atoms with Gasteiger partial charge >= 0.3 is 0 Å². The van der Waals surface area contributed by atoms with Crippen LogP contribution in [0.4, 0.5) is 5.82 Å². The van der Waals surface area contributed by atoms with Crippen LogP contribution in [-0.2, 0) is 10.3 Å². The van der Waals surface area contributed by atoms with Crippen molar-refractivity contribution in [2.75, 3.05) is 19.0 Å². The quantitative estimate of drug-likeness (QED) is 0.786. The maximum absolute atomic E-state index is 5.93. The lowest BCUT2D eigenvalue weighted by molar-refractivity contribution is -0.0351. The molecule has 5 heteroatoms. The van der Waals surface area contributed by atoms with E-state index in [1.165, 1.54) is 25.7 Å². The van der Waals surface area contributed by atoms with E-state index in [9.17, 15) is 0 Å². The van der Waals surface area contributed by atoms with Crippen LogP contribution in [0.2, 0.25) is 0 Å². The van der Waals surface area contributed by atoms with E-state index in [0.29, 0.717) is 0 Å². The van der Waals surface area contributed by atoms with Crippen LogP contribution in [-0.4, -0.2) is 23.6 Å². The number of nitrogens with zero attached hydrogens (tertiary/aromatic N) is 2. The number of nitrogens with one attached hydrogen (secondary N) is 1. The SMILES string of the molecule is CCCNc1nc(C2(OC)CCCCCC2)nc(C)c1Br. The van der Waals surface area contributed by atoms with Crippen LogP contribution in [0.15, 0.2) is 4.47 Å². The standard InChI is InChI=1S/C16H26BrN3O/c1-4-11-18-14-13(17)12(2)19-15(20-14)16(21-3)9-7-5-6-8-10-16/h4-11H2,1-3H3,(H,18,19,20). The highest BCUT2D eigenvalue weighted by molar-refractivity contribution is 9.10. The van der Waals surface area contributed by atoms with Gasteiger partial charge < -0.3 is 10.1 Å². The highest BCUT2D eigenvalue weighted by Crippen LogP contribution is 2.38. The van der Waals surface area contributed by atoms with E-state index in [4.69, 9.17) is 14.7 Å². The van der Waals surface area contributed by atoms with Gasteiger partial charge in [0.1, 0.15) is 11.4 Å². The first-order chi connectivity index (χ1) is 10.1. The number of anilines is 1. The lowest BCUT2D eigenvalue weighted by Crippen LogP contribution is -2.31. The number of aryl methyl sites for hydroxylation is 1. The molecular weight excluding hydrogens is 330 g/mol. The molecule has 0 saturated heterocycles. The molecule has 21 heavy (non-hydrogen) atoms. The van der Waals surface area contributed by atoms with Crippen molar-refractivity contribution >= 4 is 21.7 Å². The van der Waals surface area contributed by atoms with Gasteiger partial charge in [-0.25, -0.2) is 9.97 Å². The molecule has 0 aliphatic heterocycles. The van der Waals surface area contributed by atoms with Gasteiger partial charge in [0.05, 0.1) is 10.2 Å². The van der Waals surface area contributed by atoms with Crippen molar-refractivity contribution in [1.29, 1.82) is 0 Å². The van der Waals surface area contributed by atoms with Crippen LogP contribution in [0, 0.1) is 6.92 Å². The molecular formula is C16H26BrN3O. The van der Waals surface area contributed by atoms with Crippen LogP contribution in [0.5, 0.6) is 0 Å². The van der Waals surface area contributed by atoms with Crippen molar-refractivity contribution in [3.05, 3.63) is 16.0 Å². The number of hydrogen-bond donors (Lipinski definition) is 1. The van der Waals surface area contributed by atoms with Crippen molar-refractivity contribution in [3.63, 3.8) is 0 Å². The Morgan fingerprint density at radius 3 is 2.43 bits per heavy atom. The molecule has 1 heterocycles. The third kappa shape index (κ3) is 3.75. The zero-order chi connectivity index (χ0) is 15.3. The molecule has 0 bridgehead atoms. The summed E-state index contributed by atoms with van der Waals surface area (Å²) in [6.45, 7) is 5.08. The summed E-state index contributed by atoms with van der Waals surface area (Å²) in [5.74, 6) is 1.73. The van der Waals surface area contributed by atoms with Crippen LogP contribution < -0.4 is 5.32 Å². The van der Waals surface area contributed by atoms with Gasteiger partial charge in [-0.2, -0.15) is 0 Å². The van der Waals surface area contributed by atoms with Crippen LogP contribution in [0.25, 0.3) is 0 Å². The molecule has 1 N–H and O–H groups in total. The minimum absolute atomic E-state index is 0.315. The number of aromatic nitrogens is 2. The van der Waals surface area contributed by atoms with Gasteiger partial charge in [0.2, 0.25) is 0 Å². The second kappa shape index (κ2) is 7.54. The van der Waals surface area contributed by atoms with Crippen molar-refractivity contribution < 1.29 is 4.74 Å². The fraction of sp³-hybridized carbons (Fsp3) is 0.750. The lowest BCUT2D eigenvalue weighted by Gasteiger charge is -2.30. The minimum atomic E-state index is -0.315. The zero-order valence-corrected chi connectivity index (χ0v) is 14.9. The average molecular weight is 356 g/mol. The zero-order valence-electron chi connectivity index (χ0n) is 13.3. The monoisotopic (exact) mass is 355 g/mol. The average Bonchev–Trinajstić information content (AvgIpc) is 2.75. The third-order valence-corrected chi connectivity index (χ3v) is 5.22. The largest absolute Gasteiger partial charge is 0.370 e. The van der Waals surface area contributed by atoms with Gasteiger partial charge in [-0.1, -0.05) is 32.6 Å². The summed E-state index contributed by atoms with van der Waals surface area (Å²) in [6.07, 6.45) is 8.02. The molecule has 4 nitrogen and oxygen atoms in total. The maximum atomic E-state index is 5.93. The van der Waals surface area contributed by atoms with Gasteiger partial charge in [-0.05, 0) is 42.1 Å². The Morgan fingerprint density at radius 1 is 1.19 bits per heavy atom. The van der Waals surface area contributed by atoms with Crippen molar-refractivity contribution in [1.82, 2.24) is 9.97 Å². The Hall–Kier alpha value is -0.680. The van der Waals surface area contributed by atoms with Crippen molar-refractivity contribution in [2.45, 2.75) is 64.4 Å². The number of hydrogen-bond acceptors (Lipinski definition) is 4. The van der Waals surface area contributed by atoms with Gasteiger partial charge in [-0.3, -0.25) is 0 Å². The summed E-state index contributed by atoms with van der Waals surface area (Å²) in [4.78, 5) is 9.51. The summed E-state index contributed by atoms with van der Waals surface area (Å²) in [5.41, 5.74) is 0.657. The summed E-state index contributed by atoms with van der Waals surface area (Å²) >= 11 is 3.60. The van der Waals surface area contributed by atoms with E-state index in [0.717, 1.165) is 47.6 Å². The Labute approximate surface area is 136 Å². The molecule has 0 aromatic carbocycles. The molecule has 1 aliphatic rings. The summed E-state index contributed by atoms with van der Waals surface area (Å²) in [6, 6.07) is 0. The summed E-state index contributed by atoms with van der Waals surface area (Å²) < 4.78 is 6.89. The first kappa shape index (κ1) is 16.7. The molecule has 0 atom stereocenters. The van der Waals surface area contributed by atoms with Gasteiger partial charge in [0.25, 0.3) is 0 Å². The molecule has 1 saturated carbocycles. The van der Waals surface area contributed by atoms with E-state index in [1.807, 2.05) is 6.92 Å². The van der Waals surface area contributed by atoms with E-state index < -0.39 is 0 Å². The molecule has 0 radical (unpaired) electrons. The van der Waals surface area contributed by atoms with Crippen LogP contribution in [0.1, 0.15) is 63.4 Å². The van der Waals surface area contributed by atoms with Gasteiger partial charge in [-0.15, -0.1) is 0 Å². The molecule has 0 amide bonds. The molecule has 0 spiro atoms. The smallest absolute Gasteiger partial charge is 0.162 e. The van der Waals surface area contributed by atoms with E-state index >= 15 is 0 Å². The second-order valence-corrected chi connectivity index (χ2v) is 6.63. The van der Waals surface area contributed by atoms with Gasteiger partial charge in [0, 0.05) is 13.7 Å². The first-order valence-electron chi connectivity index (χ1n) is 7.96. The van der Waals surface area contributed by atoms with E-state index in [2.05, 4.69) is 28.2 Å². The Bertz CT molecular complexity index is 471. The molecule has 0 unspecified atom stereocenters. The number of methoxy groups -OCH3 is 1. The van der Waals surface area contributed by atoms with Gasteiger partial charge in [0.15, 0.2) is 5.82 Å². The fourth-order valence-electron chi connectivity index (χ4n) is 2.94. The Kier molecular flexibility index (Phi) is 5.99. The van der Waals surface area contributed by atoms with E-state index in [1.54, 1.807) is 7.11 Å². The first-order valence-corrected chi connectivity index (χ1v) is 8.76. The minimum Gasteiger partial charge on any atom is -0.370 e. The van der Waals surface area contributed by atoms with Crippen LogP contribution >= 0.6 is 15.9 Å². The topological polar surface area (TPSA) is 47.0 Å². The number of halogens is 1. The van der Waals surface area contributed by atoms with Crippen LogP contribution in [0.3, 0.4) is 0 Å². The Balaban J connectivity index is 2.38. The maximum Gasteiger partial charge on any atom is 0.162 e. The van der Waals surface area contributed by atoms with Crippen molar-refractivity contribution in [2.24, 2.45) is 0 Å². The molecule has 1 fully saturated rings. The third-order valence-electron chi connectivity index (χ3n) is 4.27. The number of ether oxygens (including phenoxy) is 1. The summed E-state index contributed by atoms with van der Waals surface area (Å²) in [7, 11) is 1.80. The molecule has 1 aliphatic carbocycles. The predicted molar refractivity (Wildman–Crippen MR) is 89.6 cm³/mol. The number of rotatable bonds is 5. The van der Waals surface area contributed by atoms with E-state index in [-0.39, 0.29) is 5.60 Å². The molecule has 118 valence electrons. The highest BCUT2D eigenvalue weighted by Gasteiger charge is 2.36. The fourth-order valence-corrected chi connectivity index (χ4v) is 3.26. The lowest BCUT2D eigenvalue weighted by atomic mass is 9.93. The normalized spacial score (nSPS) is 18.3. The Morgan fingerprint density at radius 2 is 1.86 bits per heavy atom. The second-order valence-electron chi connectivity index (χ2n) is 5.83. The molecule has 1 aromatic heterocycles.